The summed E-state index contributed by atoms with van der Waals surface area (Å²) >= 11 is 1.30. The van der Waals surface area contributed by atoms with Crippen LogP contribution in [-0.4, -0.2) is 58.5 Å². The minimum Gasteiger partial charge on any atom is -0.486 e. The number of ether oxygens (including phenoxy) is 2. The molecule has 186 valence electrons. The van der Waals surface area contributed by atoms with E-state index in [0.29, 0.717) is 53.0 Å². The minimum atomic E-state index is -0.467. The molecule has 0 aliphatic carbocycles. The second-order valence-electron chi connectivity index (χ2n) is 8.36. The Morgan fingerprint density at radius 2 is 1.89 bits per heavy atom. The Balaban J connectivity index is 1.52. The average Bonchev–Trinajstić information content (AvgIpc) is 2.88. The van der Waals surface area contributed by atoms with Crippen molar-refractivity contribution < 1.29 is 14.3 Å². The highest BCUT2D eigenvalue weighted by atomic mass is 32.2. The van der Waals surface area contributed by atoms with Gasteiger partial charge in [0.1, 0.15) is 13.2 Å². The summed E-state index contributed by atoms with van der Waals surface area (Å²) in [5.41, 5.74) is 1.20. The molecule has 1 unspecified atom stereocenters. The molecule has 1 aromatic heterocycles. The first-order valence-corrected chi connectivity index (χ1v) is 13.0. The number of nitrogens with one attached hydrogen (secondary N) is 1. The van der Waals surface area contributed by atoms with Gasteiger partial charge in [-0.25, -0.2) is 4.98 Å². The Kier molecular flexibility index (Phi) is 8.30. The van der Waals surface area contributed by atoms with Crippen LogP contribution in [0, 0.1) is 0 Å². The highest BCUT2D eigenvalue weighted by Gasteiger charge is 2.21. The molecule has 35 heavy (non-hydrogen) atoms. The molecule has 0 saturated heterocycles. The van der Waals surface area contributed by atoms with Crippen molar-refractivity contribution in [1.82, 2.24) is 14.5 Å². The number of anilines is 1. The normalized spacial score (nSPS) is 13.7. The Morgan fingerprint density at radius 1 is 1.14 bits per heavy atom. The number of benzene rings is 2. The van der Waals surface area contributed by atoms with E-state index in [4.69, 9.17) is 14.5 Å². The second-order valence-corrected chi connectivity index (χ2v) is 9.66. The quantitative estimate of drug-likeness (QED) is 0.335. The largest absolute Gasteiger partial charge is 0.486 e. The third-order valence-corrected chi connectivity index (χ3v) is 7.13. The van der Waals surface area contributed by atoms with Gasteiger partial charge in [0, 0.05) is 18.3 Å². The molecule has 4 rings (SSSR count). The SMILES string of the molecule is CCN(CC)CCCn1c(SC(C)C(=O)Nc2ccc3c(c2)OCCO3)nc2ccccc2c1=O. The number of para-hydroxylation sites is 1. The fourth-order valence-corrected chi connectivity index (χ4v) is 4.94. The number of aromatic nitrogens is 2. The molecule has 1 amide bonds. The average molecular weight is 497 g/mol. The second kappa shape index (κ2) is 11.6. The number of hydrogen-bond donors (Lipinski definition) is 1. The molecular weight excluding hydrogens is 464 g/mol. The van der Waals surface area contributed by atoms with Gasteiger partial charge in [0.2, 0.25) is 5.91 Å². The maximum Gasteiger partial charge on any atom is 0.262 e. The Morgan fingerprint density at radius 3 is 2.66 bits per heavy atom. The molecule has 1 atom stereocenters. The van der Waals surface area contributed by atoms with E-state index in [-0.39, 0.29) is 11.5 Å². The van der Waals surface area contributed by atoms with Crippen molar-refractivity contribution in [1.29, 1.82) is 0 Å². The number of carbonyl (C=O) groups excluding carboxylic acids is 1. The van der Waals surface area contributed by atoms with Gasteiger partial charge < -0.3 is 19.7 Å². The summed E-state index contributed by atoms with van der Waals surface area (Å²) in [5.74, 6) is 1.11. The molecule has 0 radical (unpaired) electrons. The zero-order valence-electron chi connectivity index (χ0n) is 20.5. The monoisotopic (exact) mass is 496 g/mol. The zero-order valence-corrected chi connectivity index (χ0v) is 21.3. The van der Waals surface area contributed by atoms with Crippen molar-refractivity contribution in [3.63, 3.8) is 0 Å². The van der Waals surface area contributed by atoms with Crippen LogP contribution in [-0.2, 0) is 11.3 Å². The predicted molar refractivity (Wildman–Crippen MR) is 140 cm³/mol. The third-order valence-electron chi connectivity index (χ3n) is 6.04. The highest BCUT2D eigenvalue weighted by Crippen LogP contribution is 2.33. The molecule has 2 aromatic carbocycles. The fourth-order valence-electron chi connectivity index (χ4n) is 4.00. The maximum atomic E-state index is 13.3. The summed E-state index contributed by atoms with van der Waals surface area (Å²) < 4.78 is 12.9. The van der Waals surface area contributed by atoms with Crippen molar-refractivity contribution in [2.24, 2.45) is 0 Å². The molecule has 1 aliphatic heterocycles. The van der Waals surface area contributed by atoms with Gasteiger partial charge in [0.05, 0.1) is 16.2 Å². The van der Waals surface area contributed by atoms with Gasteiger partial charge in [0.25, 0.3) is 5.56 Å². The lowest BCUT2D eigenvalue weighted by Gasteiger charge is -2.20. The molecule has 0 saturated carbocycles. The van der Waals surface area contributed by atoms with E-state index in [1.54, 1.807) is 28.8 Å². The first-order chi connectivity index (χ1) is 17.0. The molecule has 3 aromatic rings. The molecule has 0 spiro atoms. The topological polar surface area (TPSA) is 85.7 Å². The van der Waals surface area contributed by atoms with Gasteiger partial charge in [-0.15, -0.1) is 0 Å². The summed E-state index contributed by atoms with van der Waals surface area (Å²) in [6.07, 6.45) is 0.826. The number of nitrogens with zero attached hydrogens (tertiary/aromatic N) is 3. The number of carbonyl (C=O) groups is 1. The lowest BCUT2D eigenvalue weighted by molar-refractivity contribution is -0.115. The lowest BCUT2D eigenvalue weighted by Crippen LogP contribution is -2.29. The molecule has 0 fully saturated rings. The highest BCUT2D eigenvalue weighted by molar-refractivity contribution is 8.00. The molecule has 8 nitrogen and oxygen atoms in total. The standard InChI is InChI=1S/C26H32N4O4S/c1-4-29(5-2)13-8-14-30-25(32)20-9-6-7-10-21(20)28-26(30)35-18(3)24(31)27-19-11-12-22-23(17-19)34-16-15-33-22/h6-7,9-12,17-18H,4-5,8,13-16H2,1-3H3,(H,27,31). The summed E-state index contributed by atoms with van der Waals surface area (Å²) in [6.45, 7) is 10.5. The molecule has 1 aliphatic rings. The molecule has 9 heteroatoms. The summed E-state index contributed by atoms with van der Waals surface area (Å²) in [6, 6.07) is 12.7. The van der Waals surface area contributed by atoms with Crippen LogP contribution in [0.3, 0.4) is 0 Å². The number of rotatable bonds is 10. The van der Waals surface area contributed by atoms with Crippen LogP contribution >= 0.6 is 11.8 Å². The number of amides is 1. The summed E-state index contributed by atoms with van der Waals surface area (Å²) in [5, 5.41) is 3.62. The van der Waals surface area contributed by atoms with E-state index in [0.717, 1.165) is 26.1 Å². The van der Waals surface area contributed by atoms with E-state index in [2.05, 4.69) is 24.1 Å². The van der Waals surface area contributed by atoms with Gasteiger partial charge in [0.15, 0.2) is 16.7 Å². The Hall–Kier alpha value is -3.04. The smallest absolute Gasteiger partial charge is 0.262 e. The van der Waals surface area contributed by atoms with Gasteiger partial charge in [-0.3, -0.25) is 14.2 Å². The van der Waals surface area contributed by atoms with Crippen LogP contribution < -0.4 is 20.3 Å². The molecular formula is C26H32N4O4S. The van der Waals surface area contributed by atoms with Crippen LogP contribution in [0.5, 0.6) is 11.5 Å². The van der Waals surface area contributed by atoms with E-state index >= 15 is 0 Å². The predicted octanol–water partition coefficient (Wildman–Crippen LogP) is 4.02. The first kappa shape index (κ1) is 25.1. The summed E-state index contributed by atoms with van der Waals surface area (Å²) in [4.78, 5) is 33.4. The van der Waals surface area contributed by atoms with Gasteiger partial charge >= 0.3 is 0 Å². The van der Waals surface area contributed by atoms with Gasteiger partial charge in [-0.2, -0.15) is 0 Å². The Labute approximate surface area is 209 Å². The summed E-state index contributed by atoms with van der Waals surface area (Å²) in [7, 11) is 0. The van der Waals surface area contributed by atoms with E-state index in [1.165, 1.54) is 11.8 Å². The Bertz CT molecular complexity index is 1240. The van der Waals surface area contributed by atoms with Gasteiger partial charge in [-0.05, 0) is 57.2 Å². The van der Waals surface area contributed by atoms with Crippen molar-refractivity contribution in [2.45, 2.75) is 44.1 Å². The van der Waals surface area contributed by atoms with E-state index in [1.807, 2.05) is 25.1 Å². The zero-order chi connectivity index (χ0) is 24.8. The van der Waals surface area contributed by atoms with Crippen LogP contribution in [0.2, 0.25) is 0 Å². The lowest BCUT2D eigenvalue weighted by atomic mass is 10.2. The number of thioether (sulfide) groups is 1. The molecule has 1 N–H and O–H groups in total. The molecule has 2 heterocycles. The fraction of sp³-hybridized carbons (Fsp3) is 0.423. The van der Waals surface area contributed by atoms with E-state index in [9.17, 15) is 9.59 Å². The van der Waals surface area contributed by atoms with Crippen LogP contribution in [0.25, 0.3) is 10.9 Å². The minimum absolute atomic E-state index is 0.0721. The molecule has 0 bridgehead atoms. The maximum absolute atomic E-state index is 13.3. The van der Waals surface area contributed by atoms with Crippen molar-refractivity contribution in [3.05, 3.63) is 52.8 Å². The van der Waals surface area contributed by atoms with Crippen LogP contribution in [0.1, 0.15) is 27.2 Å². The van der Waals surface area contributed by atoms with Crippen LogP contribution in [0.4, 0.5) is 5.69 Å². The van der Waals surface area contributed by atoms with Crippen molar-refractivity contribution in [3.8, 4) is 11.5 Å². The van der Waals surface area contributed by atoms with Crippen molar-refractivity contribution >= 4 is 34.3 Å². The first-order valence-electron chi connectivity index (χ1n) is 12.1. The van der Waals surface area contributed by atoms with Crippen molar-refractivity contribution in [2.75, 3.05) is 38.2 Å². The third kappa shape index (κ3) is 5.97. The van der Waals surface area contributed by atoms with E-state index < -0.39 is 5.25 Å². The van der Waals surface area contributed by atoms with Crippen LogP contribution in [0.15, 0.2) is 52.4 Å². The number of fused-ring (bicyclic) bond motifs is 2. The van der Waals surface area contributed by atoms with Gasteiger partial charge in [-0.1, -0.05) is 37.7 Å². The number of hydrogen-bond acceptors (Lipinski definition) is 7.